The van der Waals surface area contributed by atoms with Crippen LogP contribution in [0, 0.1) is 17.3 Å². The summed E-state index contributed by atoms with van der Waals surface area (Å²) in [6.07, 6.45) is 4.38. The predicted molar refractivity (Wildman–Crippen MR) is 112 cm³/mol. The fourth-order valence-electron chi connectivity index (χ4n) is 3.85. The summed E-state index contributed by atoms with van der Waals surface area (Å²) in [6.45, 7) is 0.321. The number of nitrogens with one attached hydrogen (secondary N) is 1. The molecular formula is C22H25N5O3. The molecule has 156 valence electrons. The summed E-state index contributed by atoms with van der Waals surface area (Å²) in [5, 5.41) is 18.9. The number of carbonyl (C=O) groups is 1. The lowest BCUT2D eigenvalue weighted by atomic mass is 10.0. The third-order valence-corrected chi connectivity index (χ3v) is 5.54. The van der Waals surface area contributed by atoms with E-state index in [1.807, 2.05) is 12.1 Å². The SMILES string of the molecule is CN(C)C(=N)C1Cn2cc(C(N)=O)nc2-c2cc(C#CC3(O)CCCC3)ccc2O1. The third kappa shape index (κ3) is 3.76. The molecule has 1 atom stereocenters. The van der Waals surface area contributed by atoms with E-state index in [0.717, 1.165) is 12.8 Å². The summed E-state index contributed by atoms with van der Waals surface area (Å²) in [4.78, 5) is 17.8. The molecule has 8 heteroatoms. The van der Waals surface area contributed by atoms with Crippen molar-refractivity contribution in [1.82, 2.24) is 14.5 Å². The smallest absolute Gasteiger partial charge is 0.268 e. The van der Waals surface area contributed by atoms with Crippen LogP contribution < -0.4 is 10.5 Å². The van der Waals surface area contributed by atoms with Crippen LogP contribution in [0.25, 0.3) is 11.4 Å². The molecule has 2 heterocycles. The van der Waals surface area contributed by atoms with E-state index < -0.39 is 17.6 Å². The van der Waals surface area contributed by atoms with Gasteiger partial charge in [-0.15, -0.1) is 0 Å². The average molecular weight is 407 g/mol. The molecule has 0 spiro atoms. The maximum atomic E-state index is 11.7. The Morgan fingerprint density at radius 2 is 2.13 bits per heavy atom. The second kappa shape index (κ2) is 7.50. The van der Waals surface area contributed by atoms with Gasteiger partial charge in [0.1, 0.15) is 28.7 Å². The van der Waals surface area contributed by atoms with E-state index >= 15 is 0 Å². The van der Waals surface area contributed by atoms with Gasteiger partial charge >= 0.3 is 0 Å². The minimum absolute atomic E-state index is 0.157. The summed E-state index contributed by atoms with van der Waals surface area (Å²) < 4.78 is 7.92. The quantitative estimate of drug-likeness (QED) is 0.397. The summed E-state index contributed by atoms with van der Waals surface area (Å²) in [5.41, 5.74) is 6.06. The second-order valence-corrected chi connectivity index (χ2v) is 8.05. The van der Waals surface area contributed by atoms with E-state index in [9.17, 15) is 9.90 Å². The number of amidine groups is 1. The van der Waals surface area contributed by atoms with Crippen molar-refractivity contribution in [2.45, 2.75) is 43.9 Å². The van der Waals surface area contributed by atoms with Crippen molar-refractivity contribution >= 4 is 11.7 Å². The fraction of sp³-hybridized carbons (Fsp3) is 0.409. The molecule has 1 aromatic heterocycles. The first-order chi connectivity index (χ1) is 14.3. The molecule has 1 saturated carbocycles. The monoisotopic (exact) mass is 407 g/mol. The number of carbonyl (C=O) groups excluding carboxylic acids is 1. The Morgan fingerprint density at radius 1 is 1.40 bits per heavy atom. The van der Waals surface area contributed by atoms with Gasteiger partial charge in [-0.1, -0.05) is 11.8 Å². The Labute approximate surface area is 175 Å². The van der Waals surface area contributed by atoms with Gasteiger partial charge in [-0.25, -0.2) is 4.98 Å². The zero-order chi connectivity index (χ0) is 21.5. The number of amides is 1. The molecule has 0 radical (unpaired) electrons. The Morgan fingerprint density at radius 3 is 2.80 bits per heavy atom. The van der Waals surface area contributed by atoms with Gasteiger partial charge in [0, 0.05) is 25.9 Å². The molecule has 0 bridgehead atoms. The van der Waals surface area contributed by atoms with Gasteiger partial charge in [-0.05, 0) is 43.9 Å². The Kier molecular flexibility index (Phi) is 5.00. The molecule has 2 aliphatic rings. The van der Waals surface area contributed by atoms with Crippen LogP contribution in [-0.2, 0) is 6.54 Å². The number of imidazole rings is 1. The highest BCUT2D eigenvalue weighted by Gasteiger charge is 2.30. The Bertz CT molecular complexity index is 1070. The van der Waals surface area contributed by atoms with Crippen molar-refractivity contribution in [1.29, 1.82) is 5.41 Å². The normalized spacial score (nSPS) is 18.8. The number of hydrogen-bond donors (Lipinski definition) is 3. The number of hydrogen-bond acceptors (Lipinski definition) is 5. The van der Waals surface area contributed by atoms with Crippen molar-refractivity contribution in [3.05, 3.63) is 35.7 Å². The first-order valence-electron chi connectivity index (χ1n) is 9.95. The average Bonchev–Trinajstić information content (AvgIpc) is 3.30. The molecular weight excluding hydrogens is 382 g/mol. The highest BCUT2D eigenvalue weighted by Crippen LogP contribution is 2.35. The highest BCUT2D eigenvalue weighted by molar-refractivity contribution is 5.91. The lowest BCUT2D eigenvalue weighted by molar-refractivity contribution is 0.0995. The van der Waals surface area contributed by atoms with Gasteiger partial charge in [0.2, 0.25) is 0 Å². The summed E-state index contributed by atoms with van der Waals surface area (Å²) >= 11 is 0. The molecule has 4 rings (SSSR count). The number of primary amides is 1. The predicted octanol–water partition coefficient (Wildman–Crippen LogP) is 1.61. The maximum Gasteiger partial charge on any atom is 0.268 e. The molecule has 1 amide bonds. The van der Waals surface area contributed by atoms with Crippen LogP contribution >= 0.6 is 0 Å². The van der Waals surface area contributed by atoms with E-state index in [2.05, 4.69) is 16.8 Å². The molecule has 30 heavy (non-hydrogen) atoms. The lowest BCUT2D eigenvalue weighted by Gasteiger charge is -2.23. The van der Waals surface area contributed by atoms with Crippen LogP contribution in [0.2, 0.25) is 0 Å². The molecule has 0 saturated heterocycles. The summed E-state index contributed by atoms with van der Waals surface area (Å²) in [7, 11) is 3.57. The zero-order valence-corrected chi connectivity index (χ0v) is 17.1. The highest BCUT2D eigenvalue weighted by atomic mass is 16.5. The van der Waals surface area contributed by atoms with Crippen LogP contribution in [0.5, 0.6) is 5.75 Å². The number of ether oxygens (including phenoxy) is 1. The number of benzene rings is 1. The van der Waals surface area contributed by atoms with Crippen molar-refractivity contribution in [2.24, 2.45) is 5.73 Å². The topological polar surface area (TPSA) is 117 Å². The van der Waals surface area contributed by atoms with Gasteiger partial charge in [-0.2, -0.15) is 0 Å². The van der Waals surface area contributed by atoms with Crippen molar-refractivity contribution in [2.75, 3.05) is 14.1 Å². The summed E-state index contributed by atoms with van der Waals surface area (Å²) in [6, 6.07) is 5.46. The summed E-state index contributed by atoms with van der Waals surface area (Å²) in [5.74, 6) is 6.86. The molecule has 8 nitrogen and oxygen atoms in total. The van der Waals surface area contributed by atoms with Gasteiger partial charge in [0.25, 0.3) is 5.91 Å². The number of rotatable bonds is 2. The lowest BCUT2D eigenvalue weighted by Crippen LogP contribution is -2.39. The van der Waals surface area contributed by atoms with Crippen LogP contribution in [0.15, 0.2) is 24.4 Å². The number of fused-ring (bicyclic) bond motifs is 3. The van der Waals surface area contributed by atoms with Crippen molar-refractivity contribution in [3.63, 3.8) is 0 Å². The fourth-order valence-corrected chi connectivity index (χ4v) is 3.85. The minimum Gasteiger partial charge on any atom is -0.480 e. The maximum absolute atomic E-state index is 11.7. The van der Waals surface area contributed by atoms with Crippen LogP contribution in [0.1, 0.15) is 41.7 Å². The first kappa shape index (κ1) is 20.0. The number of nitrogens with two attached hydrogens (primary N) is 1. The molecule has 1 aromatic carbocycles. The Hall–Kier alpha value is -3.31. The second-order valence-electron chi connectivity index (χ2n) is 8.05. The zero-order valence-electron chi connectivity index (χ0n) is 17.1. The van der Waals surface area contributed by atoms with Gasteiger partial charge in [0.05, 0.1) is 12.1 Å². The minimum atomic E-state index is -0.924. The van der Waals surface area contributed by atoms with Crippen molar-refractivity contribution < 1.29 is 14.6 Å². The molecule has 1 fully saturated rings. The Balaban J connectivity index is 1.78. The van der Waals surface area contributed by atoms with Crippen LogP contribution in [0.4, 0.5) is 0 Å². The molecule has 2 aromatic rings. The third-order valence-electron chi connectivity index (χ3n) is 5.54. The van der Waals surface area contributed by atoms with Gasteiger partial charge in [-0.3, -0.25) is 10.2 Å². The number of nitrogens with zero attached hydrogens (tertiary/aromatic N) is 3. The van der Waals surface area contributed by atoms with E-state index in [4.69, 9.17) is 15.9 Å². The van der Waals surface area contributed by atoms with E-state index in [-0.39, 0.29) is 5.69 Å². The van der Waals surface area contributed by atoms with E-state index in [1.54, 1.807) is 35.8 Å². The van der Waals surface area contributed by atoms with Crippen LogP contribution in [-0.4, -0.2) is 57.1 Å². The van der Waals surface area contributed by atoms with E-state index in [0.29, 0.717) is 47.9 Å². The molecule has 1 unspecified atom stereocenters. The van der Waals surface area contributed by atoms with Gasteiger partial charge < -0.3 is 25.0 Å². The van der Waals surface area contributed by atoms with Gasteiger partial charge in [0.15, 0.2) is 6.10 Å². The first-order valence-corrected chi connectivity index (χ1v) is 9.95. The molecule has 1 aliphatic carbocycles. The molecule has 4 N–H and O–H groups in total. The molecule has 1 aliphatic heterocycles. The van der Waals surface area contributed by atoms with E-state index in [1.165, 1.54) is 0 Å². The number of likely N-dealkylation sites (N-methyl/N-ethyl adjacent to an activating group) is 1. The standard InChI is InChI=1S/C22H25N5O3/c1-26(2)19(23)18-13-27-12-16(20(24)28)25-21(27)15-11-14(5-6-17(15)30-18)7-10-22(29)8-3-4-9-22/h5-6,11-12,18,23,29H,3-4,8-9,13H2,1-2H3,(H2,24,28). The largest absolute Gasteiger partial charge is 0.480 e. The number of aromatic nitrogens is 2. The van der Waals surface area contributed by atoms with Crippen molar-refractivity contribution in [3.8, 4) is 29.0 Å². The number of aliphatic hydroxyl groups is 1. The van der Waals surface area contributed by atoms with Crippen LogP contribution in [0.3, 0.4) is 0 Å².